The van der Waals surface area contributed by atoms with Gasteiger partial charge in [0.2, 0.25) is 0 Å². The number of hydrogen-bond acceptors (Lipinski definition) is 0. The molecule has 0 aliphatic heterocycles. The van der Waals surface area contributed by atoms with Crippen molar-refractivity contribution in [3.63, 3.8) is 0 Å². The second kappa shape index (κ2) is 34.2. The van der Waals surface area contributed by atoms with Gasteiger partial charge in [0.1, 0.15) is 6.15 Å². The van der Waals surface area contributed by atoms with Crippen molar-refractivity contribution in [3.8, 4) is 0 Å². The van der Waals surface area contributed by atoms with Crippen molar-refractivity contribution in [2.45, 2.75) is 85.7 Å². The molecule has 0 amide bonds. The average molecular weight is 1550 g/mol. The largest absolute Gasteiger partial charge is 3.00 e. The molecule has 0 saturated heterocycles. The Bertz CT molecular complexity index is 3650. The van der Waals surface area contributed by atoms with Crippen molar-refractivity contribution in [1.29, 1.82) is 0 Å². The topological polar surface area (TPSA) is 143 Å². The van der Waals surface area contributed by atoms with E-state index in [0.29, 0.717) is 0 Å². The van der Waals surface area contributed by atoms with Crippen LogP contribution in [0, 0.1) is 0 Å². The fourth-order valence-corrected chi connectivity index (χ4v) is 11.2. The Hall–Kier alpha value is -9.15. The summed E-state index contributed by atoms with van der Waals surface area (Å²) in [6.07, 6.45) is -54.8. The average Bonchev–Trinajstić information content (AvgIpc) is 0.707. The summed E-state index contributed by atoms with van der Waals surface area (Å²) >= 11 is 0. The normalized spacial score (nSPS) is 14.2. The molecule has 6 nitrogen and oxygen atoms in total. The van der Waals surface area contributed by atoms with Crippen LogP contribution in [0.3, 0.4) is 0 Å². The van der Waals surface area contributed by atoms with Crippen molar-refractivity contribution >= 4 is 28.0 Å². The van der Waals surface area contributed by atoms with Crippen molar-refractivity contribution in [3.05, 3.63) is 367 Å². The molecule has 0 aliphatic carbocycles. The first-order valence-corrected chi connectivity index (χ1v) is 30.5. The van der Waals surface area contributed by atoms with Gasteiger partial charge in [-0.1, -0.05) is 264 Å². The Kier molecular flexibility index (Phi) is 27.7. The van der Waals surface area contributed by atoms with Crippen molar-refractivity contribution in [2.75, 3.05) is 0 Å². The van der Waals surface area contributed by atoms with Gasteiger partial charge in [0.05, 0.1) is 44.5 Å². The van der Waals surface area contributed by atoms with Crippen LogP contribution in [0.15, 0.2) is 255 Å². The second-order valence-corrected chi connectivity index (χ2v) is 23.6. The molecule has 0 fully saturated rings. The summed E-state index contributed by atoms with van der Waals surface area (Å²) in [7, 11) is 0. The molecule has 564 valence electrons. The second-order valence-electron chi connectivity index (χ2n) is 23.6. The smallest absolute Gasteiger partial charge is 0.672 e. The molecule has 0 aromatic heterocycles. The van der Waals surface area contributed by atoms with Gasteiger partial charge in [-0.2, -0.15) is 127 Å². The van der Waals surface area contributed by atoms with E-state index in [1.165, 1.54) is 0 Å². The summed E-state index contributed by atoms with van der Waals surface area (Å²) in [5, 5.41) is 0. The molecule has 6 atom stereocenters. The van der Waals surface area contributed by atoms with Gasteiger partial charge in [-0.05, 0) is 24.3 Å². The van der Waals surface area contributed by atoms with Crippen molar-refractivity contribution in [2.24, 2.45) is 0 Å². The van der Waals surface area contributed by atoms with E-state index in [2.05, 4.69) is 0 Å². The summed E-state index contributed by atoms with van der Waals surface area (Å²) in [6, 6.07) is 45.4. The molecule has 106 heavy (non-hydrogen) atoms. The zero-order valence-corrected chi connectivity index (χ0v) is 54.7. The van der Waals surface area contributed by atoms with E-state index >= 15 is 0 Å². The summed E-state index contributed by atoms with van der Waals surface area (Å²) < 4.78 is 341. The van der Waals surface area contributed by atoms with E-state index in [0.717, 1.165) is 33.4 Å². The predicted octanol–water partition coefficient (Wildman–Crippen LogP) is 24.9. The minimum absolute atomic E-state index is 0. The summed E-state index contributed by atoms with van der Waals surface area (Å²) in [5.74, 6) is 0. The van der Waals surface area contributed by atoms with Crippen LogP contribution in [0.4, 0.5) is 105 Å². The third-order valence-corrected chi connectivity index (χ3v) is 16.4. The molecule has 10 aromatic carbocycles. The molecular formula is C74H54BCoF24N6-4. The molecular weight excluding hydrogens is 1500 g/mol. The van der Waals surface area contributed by atoms with Gasteiger partial charge in [0.25, 0.3) is 0 Å². The first-order valence-electron chi connectivity index (χ1n) is 30.5. The van der Waals surface area contributed by atoms with Gasteiger partial charge in [-0.25, -0.2) is 0 Å². The number of benzene rings is 10. The van der Waals surface area contributed by atoms with Crippen molar-refractivity contribution < 1.29 is 122 Å². The number of hydrogen-bond donors (Lipinski definition) is 0. The number of alkyl halides is 24. The van der Waals surface area contributed by atoms with Gasteiger partial charge in [-0.3, -0.25) is 0 Å². The van der Waals surface area contributed by atoms with Crippen molar-refractivity contribution in [1.82, 2.24) is 0 Å². The third-order valence-electron chi connectivity index (χ3n) is 16.4. The standard InChI is InChI=1S/C32H12BF24.3C14H14N2.Co/c34-25(35,36)13-1-14(26(37,38)39)6-21(5-13)33(22-7-15(27(40,41)42)2-16(8-22)28(43,44)45,23-9-17(29(46,47)48)3-18(10-23)30(49,50)51)24-11-19(31(52,53)54)4-20(12-24)32(55,56)57;3*15-13(11-7-3-1-4-8-11)14(16)12-9-5-2-6-10-12;/h1-12H;3*1-10,13-16H;/q-1;3*-2;+3. The Balaban J connectivity index is 0.000000284. The third kappa shape index (κ3) is 22.0. The molecule has 0 spiro atoms. The quantitative estimate of drug-likeness (QED) is 0.0800. The SMILES string of the molecule is FC(F)(F)c1cc([B-](c2cc(C(F)(F)F)cc(C(F)(F)F)c2)(c2cc(C(F)(F)F)cc(C(F)(F)F)c2)c2cc(C(F)(F)F)cc(C(F)(F)F)c2)cc(C(F)(F)F)c1.[Co+3].[NH-]C(c1ccccc1)C([NH-])c1ccccc1.[NH-]C(c1ccccc1)C([NH-])c1ccccc1.[NH-]C(c1ccccc1)C([NH-])c1ccccc1. The fourth-order valence-electron chi connectivity index (χ4n) is 11.2. The molecule has 6 N–H and O–H groups in total. The monoisotopic (exact) mass is 1550 g/mol. The zero-order chi connectivity index (χ0) is 78.1. The van der Waals surface area contributed by atoms with Crippen LogP contribution in [-0.4, -0.2) is 6.15 Å². The molecule has 0 radical (unpaired) electrons. The predicted molar refractivity (Wildman–Crippen MR) is 351 cm³/mol. The van der Waals surface area contributed by atoms with Crippen LogP contribution < -0.4 is 21.9 Å². The minimum atomic E-state index is -6.13. The number of rotatable bonds is 13. The first kappa shape index (κ1) is 85.8. The van der Waals surface area contributed by atoms with Crippen LogP contribution in [0.5, 0.6) is 0 Å². The molecule has 10 rings (SSSR count). The zero-order valence-electron chi connectivity index (χ0n) is 53.7. The van der Waals surface area contributed by atoms with E-state index in [-0.39, 0.29) is 16.8 Å². The Morgan fingerprint density at radius 3 is 0.377 bits per heavy atom. The van der Waals surface area contributed by atoms with E-state index in [1.807, 2.05) is 182 Å². The van der Waals surface area contributed by atoms with E-state index in [1.54, 1.807) is 0 Å². The maximum Gasteiger partial charge on any atom is 3.00 e. The van der Waals surface area contributed by atoms with Crippen LogP contribution in [0.1, 0.15) is 114 Å². The Morgan fingerprint density at radius 2 is 0.283 bits per heavy atom. The Morgan fingerprint density at radius 1 is 0.179 bits per heavy atom. The molecule has 0 bridgehead atoms. The van der Waals surface area contributed by atoms with Crippen LogP contribution >= 0.6 is 0 Å². The van der Waals surface area contributed by atoms with Gasteiger partial charge < -0.3 is 34.4 Å². The fraction of sp³-hybridized carbons (Fsp3) is 0.189. The molecule has 6 unspecified atom stereocenters. The number of halogens is 24. The van der Waals surface area contributed by atoms with E-state index in [9.17, 15) is 105 Å². The summed E-state index contributed by atoms with van der Waals surface area (Å²) in [4.78, 5) is 0. The summed E-state index contributed by atoms with van der Waals surface area (Å²) in [6.45, 7) is 0. The Labute approximate surface area is 600 Å². The summed E-state index contributed by atoms with van der Waals surface area (Å²) in [5.41, 5.74) is 23.6. The van der Waals surface area contributed by atoms with Crippen LogP contribution in [-0.2, 0) is 66.2 Å². The van der Waals surface area contributed by atoms with Crippen LogP contribution in [0.25, 0.3) is 34.4 Å². The van der Waals surface area contributed by atoms with Gasteiger partial charge in [-0.15, -0.1) is 36.3 Å². The molecule has 32 heteroatoms. The maximum atomic E-state index is 14.2. The maximum absolute atomic E-state index is 14.2. The molecule has 10 aromatic rings. The molecule has 0 heterocycles. The number of nitrogens with one attached hydrogen (secondary N) is 6. The minimum Gasteiger partial charge on any atom is -0.672 e. The van der Waals surface area contributed by atoms with E-state index < -0.39 is 231 Å². The first-order chi connectivity index (χ1) is 48.6. The van der Waals surface area contributed by atoms with E-state index in [4.69, 9.17) is 34.4 Å². The molecule has 0 saturated carbocycles. The van der Waals surface area contributed by atoms with Gasteiger partial charge in [0, 0.05) is 0 Å². The van der Waals surface area contributed by atoms with Crippen LogP contribution in [0.2, 0.25) is 0 Å². The van der Waals surface area contributed by atoms with Gasteiger partial charge >= 0.3 is 66.2 Å². The molecule has 0 aliphatic rings. The van der Waals surface area contributed by atoms with Gasteiger partial charge in [0.15, 0.2) is 0 Å².